The number of carbonyl (C=O) groups is 2. The van der Waals surface area contributed by atoms with Crippen molar-refractivity contribution in [1.82, 2.24) is 4.90 Å². The topological polar surface area (TPSA) is 76.1 Å². The van der Waals surface area contributed by atoms with Crippen molar-refractivity contribution < 1.29 is 24.2 Å². The van der Waals surface area contributed by atoms with E-state index in [1.165, 1.54) is 16.7 Å². The SMILES string of the molecule is CCCCCOc1ccc(/C=C2/SC(=S)N(CCC(=O)O)C2=O)cc1OC. The van der Waals surface area contributed by atoms with E-state index in [0.29, 0.717) is 27.3 Å². The molecule has 146 valence electrons. The highest BCUT2D eigenvalue weighted by atomic mass is 32.2. The molecule has 0 aliphatic carbocycles. The largest absolute Gasteiger partial charge is 0.493 e. The lowest BCUT2D eigenvalue weighted by molar-refractivity contribution is -0.137. The summed E-state index contributed by atoms with van der Waals surface area (Å²) >= 11 is 6.36. The second-order valence-electron chi connectivity index (χ2n) is 5.94. The highest BCUT2D eigenvalue weighted by molar-refractivity contribution is 8.26. The summed E-state index contributed by atoms with van der Waals surface area (Å²) in [4.78, 5) is 25.0. The van der Waals surface area contributed by atoms with Crippen LogP contribution in [0.3, 0.4) is 0 Å². The van der Waals surface area contributed by atoms with E-state index in [1.807, 2.05) is 12.1 Å². The third-order valence-corrected chi connectivity index (χ3v) is 5.29. The summed E-state index contributed by atoms with van der Waals surface area (Å²) < 4.78 is 11.5. The van der Waals surface area contributed by atoms with Crippen LogP contribution in [0, 0.1) is 0 Å². The van der Waals surface area contributed by atoms with Crippen molar-refractivity contribution in [3.8, 4) is 11.5 Å². The minimum Gasteiger partial charge on any atom is -0.493 e. The van der Waals surface area contributed by atoms with Gasteiger partial charge < -0.3 is 14.6 Å². The van der Waals surface area contributed by atoms with Crippen LogP contribution in [-0.2, 0) is 9.59 Å². The first kappa shape index (κ1) is 21.2. The third-order valence-electron chi connectivity index (χ3n) is 3.91. The van der Waals surface area contributed by atoms with E-state index in [4.69, 9.17) is 26.8 Å². The molecule has 27 heavy (non-hydrogen) atoms. The molecular formula is C19H23NO5S2. The standard InChI is InChI=1S/C19H23NO5S2/c1-3-4-5-10-25-14-7-6-13(11-15(14)24-2)12-16-18(23)20(19(26)27-16)9-8-17(21)22/h6-7,11-12H,3-5,8-10H2,1-2H3,(H,21,22)/b16-12+. The number of aliphatic carboxylic acids is 1. The smallest absolute Gasteiger partial charge is 0.305 e. The van der Waals surface area contributed by atoms with Gasteiger partial charge in [0.25, 0.3) is 5.91 Å². The molecule has 1 heterocycles. The summed E-state index contributed by atoms with van der Waals surface area (Å²) in [6.45, 7) is 2.84. The molecule has 1 aliphatic heterocycles. The molecular weight excluding hydrogens is 386 g/mol. The van der Waals surface area contributed by atoms with Gasteiger partial charge in [-0.2, -0.15) is 0 Å². The summed E-state index contributed by atoms with van der Waals surface area (Å²) in [5, 5.41) is 8.79. The Balaban J connectivity index is 2.10. The molecule has 0 spiro atoms. The summed E-state index contributed by atoms with van der Waals surface area (Å²) in [7, 11) is 1.57. The number of thiocarbonyl (C=S) groups is 1. The molecule has 0 aromatic heterocycles. The Morgan fingerprint density at radius 1 is 1.33 bits per heavy atom. The van der Waals surface area contributed by atoms with Crippen molar-refractivity contribution in [2.24, 2.45) is 0 Å². The van der Waals surface area contributed by atoms with Gasteiger partial charge in [0.15, 0.2) is 11.5 Å². The van der Waals surface area contributed by atoms with Gasteiger partial charge in [-0.25, -0.2) is 0 Å². The van der Waals surface area contributed by atoms with Crippen molar-refractivity contribution in [3.05, 3.63) is 28.7 Å². The lowest BCUT2D eigenvalue weighted by Crippen LogP contribution is -2.30. The highest BCUT2D eigenvalue weighted by Crippen LogP contribution is 2.34. The average Bonchev–Trinajstić information content (AvgIpc) is 2.90. The fraction of sp³-hybridized carbons (Fsp3) is 0.421. The highest BCUT2D eigenvalue weighted by Gasteiger charge is 2.32. The van der Waals surface area contributed by atoms with Gasteiger partial charge in [0, 0.05) is 6.54 Å². The zero-order valence-corrected chi connectivity index (χ0v) is 17.0. The number of hydrogen-bond donors (Lipinski definition) is 1. The quantitative estimate of drug-likeness (QED) is 0.356. The molecule has 1 fully saturated rings. The number of rotatable bonds is 10. The monoisotopic (exact) mass is 409 g/mol. The number of carboxylic acid groups (broad SMARTS) is 1. The summed E-state index contributed by atoms with van der Waals surface area (Å²) in [6.07, 6.45) is 4.81. The van der Waals surface area contributed by atoms with E-state index >= 15 is 0 Å². The number of carboxylic acids is 1. The van der Waals surface area contributed by atoms with Gasteiger partial charge in [0.05, 0.1) is 25.0 Å². The zero-order valence-electron chi connectivity index (χ0n) is 15.4. The number of hydrogen-bond acceptors (Lipinski definition) is 6. The predicted molar refractivity (Wildman–Crippen MR) is 110 cm³/mol. The third kappa shape index (κ3) is 5.97. The number of amides is 1. The lowest BCUT2D eigenvalue weighted by atomic mass is 10.2. The van der Waals surface area contributed by atoms with Gasteiger partial charge in [-0.3, -0.25) is 14.5 Å². The van der Waals surface area contributed by atoms with E-state index in [1.54, 1.807) is 19.3 Å². The van der Waals surface area contributed by atoms with Gasteiger partial charge >= 0.3 is 5.97 Å². The van der Waals surface area contributed by atoms with Crippen molar-refractivity contribution >= 4 is 46.3 Å². The molecule has 0 unspecified atom stereocenters. The minimum atomic E-state index is -0.965. The van der Waals surface area contributed by atoms with Crippen molar-refractivity contribution in [2.75, 3.05) is 20.3 Å². The first-order valence-electron chi connectivity index (χ1n) is 8.74. The molecule has 1 saturated heterocycles. The first-order chi connectivity index (χ1) is 13.0. The molecule has 8 heteroatoms. The van der Waals surface area contributed by atoms with Crippen LogP contribution >= 0.6 is 24.0 Å². The van der Waals surface area contributed by atoms with E-state index in [-0.39, 0.29) is 18.9 Å². The molecule has 0 atom stereocenters. The summed E-state index contributed by atoms with van der Waals surface area (Å²) in [5.41, 5.74) is 0.784. The lowest BCUT2D eigenvalue weighted by Gasteiger charge is -2.12. The van der Waals surface area contributed by atoms with E-state index in [2.05, 4.69) is 6.92 Å². The number of methoxy groups -OCH3 is 1. The Morgan fingerprint density at radius 3 is 2.78 bits per heavy atom. The van der Waals surface area contributed by atoms with Gasteiger partial charge in [-0.15, -0.1) is 0 Å². The Labute approximate surface area is 168 Å². The van der Waals surface area contributed by atoms with Crippen LogP contribution in [0.4, 0.5) is 0 Å². The Bertz CT molecular complexity index is 748. The van der Waals surface area contributed by atoms with Crippen LogP contribution in [0.15, 0.2) is 23.1 Å². The van der Waals surface area contributed by atoms with Crippen molar-refractivity contribution in [3.63, 3.8) is 0 Å². The molecule has 1 aliphatic rings. The maximum Gasteiger partial charge on any atom is 0.305 e. The second kappa shape index (κ2) is 10.3. The number of carbonyl (C=O) groups excluding carboxylic acids is 1. The maximum atomic E-state index is 12.5. The first-order valence-corrected chi connectivity index (χ1v) is 9.96. The normalized spacial score (nSPS) is 15.5. The van der Waals surface area contributed by atoms with E-state index < -0.39 is 5.97 Å². The van der Waals surface area contributed by atoms with Crippen LogP contribution in [0.1, 0.15) is 38.2 Å². The maximum absolute atomic E-state index is 12.5. The molecule has 1 aromatic carbocycles. The Morgan fingerprint density at radius 2 is 2.11 bits per heavy atom. The van der Waals surface area contributed by atoms with Crippen LogP contribution in [-0.4, -0.2) is 46.5 Å². The molecule has 0 bridgehead atoms. The molecule has 1 aromatic rings. The predicted octanol–water partition coefficient (Wildman–Crippen LogP) is 3.94. The van der Waals surface area contributed by atoms with Crippen molar-refractivity contribution in [2.45, 2.75) is 32.6 Å². The minimum absolute atomic E-state index is 0.0746. The van der Waals surface area contributed by atoms with Gasteiger partial charge in [-0.05, 0) is 30.2 Å². The van der Waals surface area contributed by atoms with Gasteiger partial charge in [0.2, 0.25) is 0 Å². The summed E-state index contributed by atoms with van der Waals surface area (Å²) in [5.74, 6) is 0.0266. The number of benzene rings is 1. The van der Waals surface area contributed by atoms with E-state index in [0.717, 1.165) is 24.8 Å². The average molecular weight is 410 g/mol. The Kier molecular flexibility index (Phi) is 8.12. The van der Waals surface area contributed by atoms with Gasteiger partial charge in [-0.1, -0.05) is 49.8 Å². The molecule has 0 saturated carbocycles. The molecule has 6 nitrogen and oxygen atoms in total. The number of ether oxygens (including phenoxy) is 2. The molecule has 1 N–H and O–H groups in total. The van der Waals surface area contributed by atoms with Crippen LogP contribution in [0.2, 0.25) is 0 Å². The molecule has 2 rings (SSSR count). The number of nitrogens with zero attached hydrogens (tertiary/aromatic N) is 1. The number of unbranched alkanes of at least 4 members (excludes halogenated alkanes) is 2. The van der Waals surface area contributed by atoms with Crippen molar-refractivity contribution in [1.29, 1.82) is 0 Å². The Hall–Kier alpha value is -2.06. The fourth-order valence-electron chi connectivity index (χ4n) is 2.48. The summed E-state index contributed by atoms with van der Waals surface area (Å²) in [6, 6.07) is 5.47. The van der Waals surface area contributed by atoms with E-state index in [9.17, 15) is 9.59 Å². The number of thioether (sulfide) groups is 1. The van der Waals surface area contributed by atoms with Crippen LogP contribution in [0.5, 0.6) is 11.5 Å². The zero-order chi connectivity index (χ0) is 19.8. The second-order valence-corrected chi connectivity index (χ2v) is 7.62. The van der Waals surface area contributed by atoms with Crippen LogP contribution in [0.25, 0.3) is 6.08 Å². The molecule has 0 radical (unpaired) electrons. The van der Waals surface area contributed by atoms with Gasteiger partial charge in [0.1, 0.15) is 4.32 Å². The molecule has 1 amide bonds. The fourth-order valence-corrected chi connectivity index (χ4v) is 3.79. The van der Waals surface area contributed by atoms with Crippen LogP contribution < -0.4 is 9.47 Å².